The quantitative estimate of drug-likeness (QED) is 0.802. The van der Waals surface area contributed by atoms with Crippen LogP contribution in [0.1, 0.15) is 17.4 Å². The Morgan fingerprint density at radius 3 is 2.65 bits per heavy atom. The number of aromatic nitrogens is 2. The van der Waals surface area contributed by atoms with Gasteiger partial charge in [-0.25, -0.2) is 9.48 Å². The molecule has 1 N–H and O–H groups in total. The Hall–Kier alpha value is -3.36. The number of aryl methyl sites for hydroxylation is 1. The number of ether oxygens (including phenoxy) is 3. The van der Waals surface area contributed by atoms with E-state index in [0.717, 1.165) is 4.68 Å². The number of esters is 1. The van der Waals surface area contributed by atoms with Crippen molar-refractivity contribution in [1.82, 2.24) is 9.78 Å². The van der Waals surface area contributed by atoms with Crippen LogP contribution < -0.4 is 20.3 Å². The van der Waals surface area contributed by atoms with Gasteiger partial charge >= 0.3 is 5.97 Å². The van der Waals surface area contributed by atoms with Gasteiger partial charge in [0.2, 0.25) is 0 Å². The largest absolute Gasteiger partial charge is 0.486 e. The van der Waals surface area contributed by atoms with Gasteiger partial charge in [-0.05, 0) is 25.1 Å². The number of benzene rings is 1. The molecule has 0 fully saturated rings. The van der Waals surface area contributed by atoms with Gasteiger partial charge in [0, 0.05) is 24.9 Å². The highest BCUT2D eigenvalue weighted by Gasteiger charge is 2.21. The summed E-state index contributed by atoms with van der Waals surface area (Å²) >= 11 is 0. The predicted molar refractivity (Wildman–Crippen MR) is 90.4 cm³/mol. The summed E-state index contributed by atoms with van der Waals surface area (Å²) in [4.78, 5) is 35.6. The Morgan fingerprint density at radius 2 is 1.92 bits per heavy atom. The van der Waals surface area contributed by atoms with E-state index in [4.69, 9.17) is 14.2 Å². The average molecular weight is 359 g/mol. The fourth-order valence-corrected chi connectivity index (χ4v) is 2.25. The van der Waals surface area contributed by atoms with Gasteiger partial charge in [-0.3, -0.25) is 9.59 Å². The molecule has 1 amide bonds. The van der Waals surface area contributed by atoms with Crippen LogP contribution in [0.15, 0.2) is 35.1 Å². The van der Waals surface area contributed by atoms with Crippen molar-refractivity contribution in [3.05, 3.63) is 46.4 Å². The molecule has 0 spiro atoms. The van der Waals surface area contributed by atoms with E-state index in [1.165, 1.54) is 26.1 Å². The molecule has 0 aliphatic carbocycles. The van der Waals surface area contributed by atoms with Crippen LogP contribution in [0.25, 0.3) is 0 Å². The summed E-state index contributed by atoms with van der Waals surface area (Å²) < 4.78 is 17.0. The van der Waals surface area contributed by atoms with Crippen LogP contribution in [0.5, 0.6) is 11.5 Å². The lowest BCUT2D eigenvalue weighted by atomic mass is 10.2. The first-order chi connectivity index (χ1) is 12.4. The number of hydrogen-bond donors (Lipinski definition) is 1. The molecule has 1 atom stereocenters. The predicted octanol–water partition coefficient (Wildman–Crippen LogP) is 0.735. The summed E-state index contributed by atoms with van der Waals surface area (Å²) in [7, 11) is 1.41. The minimum atomic E-state index is -1.06. The van der Waals surface area contributed by atoms with E-state index in [2.05, 4.69) is 10.4 Å². The topological polar surface area (TPSA) is 109 Å². The summed E-state index contributed by atoms with van der Waals surface area (Å²) in [6.07, 6.45) is -1.06. The first kappa shape index (κ1) is 17.5. The van der Waals surface area contributed by atoms with Gasteiger partial charge in [0.25, 0.3) is 11.5 Å². The van der Waals surface area contributed by atoms with E-state index >= 15 is 0 Å². The van der Waals surface area contributed by atoms with Crippen molar-refractivity contribution in [2.45, 2.75) is 13.0 Å². The van der Waals surface area contributed by atoms with Crippen molar-refractivity contribution in [3.8, 4) is 11.5 Å². The zero-order chi connectivity index (χ0) is 18.7. The molecular formula is C17H17N3O6. The molecule has 2 aromatic rings. The van der Waals surface area contributed by atoms with E-state index < -0.39 is 18.0 Å². The molecule has 1 aromatic carbocycles. The molecule has 0 saturated heterocycles. The van der Waals surface area contributed by atoms with Crippen LogP contribution in [0.3, 0.4) is 0 Å². The van der Waals surface area contributed by atoms with Crippen LogP contribution in [0.4, 0.5) is 5.69 Å². The van der Waals surface area contributed by atoms with Crippen molar-refractivity contribution in [2.24, 2.45) is 7.05 Å². The van der Waals surface area contributed by atoms with Gasteiger partial charge in [0.05, 0.1) is 0 Å². The Labute approximate surface area is 148 Å². The maximum absolute atomic E-state index is 12.2. The molecule has 1 aliphatic rings. The summed E-state index contributed by atoms with van der Waals surface area (Å²) in [6, 6.07) is 7.43. The number of rotatable bonds is 4. The van der Waals surface area contributed by atoms with Gasteiger partial charge in [-0.1, -0.05) is 0 Å². The SMILES string of the molecule is CC(OC(=O)c1ccc(=O)n(C)n1)C(=O)Nc1ccc2c(c1)OCCO2. The molecule has 9 heteroatoms. The molecule has 2 heterocycles. The number of anilines is 1. The smallest absolute Gasteiger partial charge is 0.359 e. The van der Waals surface area contributed by atoms with Crippen molar-refractivity contribution in [3.63, 3.8) is 0 Å². The summed E-state index contributed by atoms with van der Waals surface area (Å²) in [6.45, 7) is 2.35. The molecule has 26 heavy (non-hydrogen) atoms. The summed E-state index contributed by atoms with van der Waals surface area (Å²) in [5, 5.41) is 6.43. The van der Waals surface area contributed by atoms with Gasteiger partial charge < -0.3 is 19.5 Å². The van der Waals surface area contributed by atoms with Crippen molar-refractivity contribution in [2.75, 3.05) is 18.5 Å². The second-order valence-corrected chi connectivity index (χ2v) is 5.58. The maximum Gasteiger partial charge on any atom is 0.359 e. The average Bonchev–Trinajstić information content (AvgIpc) is 2.63. The lowest BCUT2D eigenvalue weighted by Gasteiger charge is -2.19. The highest BCUT2D eigenvalue weighted by Crippen LogP contribution is 2.32. The van der Waals surface area contributed by atoms with Crippen molar-refractivity contribution < 1.29 is 23.8 Å². The number of carbonyl (C=O) groups excluding carboxylic acids is 2. The molecule has 0 saturated carbocycles. The summed E-state index contributed by atoms with van der Waals surface area (Å²) in [5.74, 6) is -0.173. The fraction of sp³-hybridized carbons (Fsp3) is 0.294. The van der Waals surface area contributed by atoms with Crippen LogP contribution in [-0.2, 0) is 16.6 Å². The second kappa shape index (κ2) is 7.26. The van der Waals surface area contributed by atoms with E-state index in [1.807, 2.05) is 0 Å². The Balaban J connectivity index is 1.63. The molecule has 3 rings (SSSR count). The number of nitrogens with one attached hydrogen (secondary N) is 1. The molecule has 1 aliphatic heterocycles. The molecular weight excluding hydrogens is 342 g/mol. The molecule has 9 nitrogen and oxygen atoms in total. The molecule has 0 bridgehead atoms. The minimum Gasteiger partial charge on any atom is -0.486 e. The molecule has 1 unspecified atom stereocenters. The third-order valence-electron chi connectivity index (χ3n) is 3.63. The number of hydrogen-bond acceptors (Lipinski definition) is 7. The molecule has 136 valence electrons. The van der Waals surface area contributed by atoms with Gasteiger partial charge in [0.1, 0.15) is 13.2 Å². The van der Waals surface area contributed by atoms with Gasteiger partial charge in [-0.15, -0.1) is 0 Å². The zero-order valence-electron chi connectivity index (χ0n) is 14.2. The number of fused-ring (bicyclic) bond motifs is 1. The standard InChI is InChI=1S/C17H17N3O6/c1-10(26-17(23)12-4-6-15(21)20(2)19-12)16(22)18-11-3-5-13-14(9-11)25-8-7-24-13/h3-6,9-10H,7-8H2,1-2H3,(H,18,22). The first-order valence-electron chi connectivity index (χ1n) is 7.90. The maximum atomic E-state index is 12.2. The lowest BCUT2D eigenvalue weighted by Crippen LogP contribution is -2.31. The molecule has 1 aromatic heterocycles. The Kier molecular flexibility index (Phi) is 4.87. The van der Waals surface area contributed by atoms with E-state index in [9.17, 15) is 14.4 Å². The number of amides is 1. The minimum absolute atomic E-state index is 0.0638. The van der Waals surface area contributed by atoms with Crippen LogP contribution in [0.2, 0.25) is 0 Å². The Bertz CT molecular complexity index is 908. The highest BCUT2D eigenvalue weighted by molar-refractivity contribution is 5.97. The second-order valence-electron chi connectivity index (χ2n) is 5.58. The van der Waals surface area contributed by atoms with E-state index in [0.29, 0.717) is 30.4 Å². The molecule has 0 radical (unpaired) electrons. The third kappa shape index (κ3) is 3.82. The van der Waals surface area contributed by atoms with Crippen molar-refractivity contribution >= 4 is 17.6 Å². The van der Waals surface area contributed by atoms with Crippen LogP contribution in [0, 0.1) is 0 Å². The van der Waals surface area contributed by atoms with Gasteiger partial charge in [-0.2, -0.15) is 5.10 Å². The monoisotopic (exact) mass is 359 g/mol. The van der Waals surface area contributed by atoms with E-state index in [1.54, 1.807) is 18.2 Å². The van der Waals surface area contributed by atoms with Gasteiger partial charge in [0.15, 0.2) is 23.3 Å². The third-order valence-corrected chi connectivity index (χ3v) is 3.63. The number of carbonyl (C=O) groups is 2. The normalized spacial score (nSPS) is 13.6. The number of nitrogens with zero attached hydrogens (tertiary/aromatic N) is 2. The van der Waals surface area contributed by atoms with Crippen LogP contribution >= 0.6 is 0 Å². The lowest BCUT2D eigenvalue weighted by molar-refractivity contribution is -0.123. The zero-order valence-corrected chi connectivity index (χ0v) is 14.2. The summed E-state index contributed by atoms with van der Waals surface area (Å²) in [5.41, 5.74) is 0.0689. The first-order valence-corrected chi connectivity index (χ1v) is 7.90. The van der Waals surface area contributed by atoms with E-state index in [-0.39, 0.29) is 11.3 Å². The highest BCUT2D eigenvalue weighted by atomic mass is 16.6. The Morgan fingerprint density at radius 1 is 1.19 bits per heavy atom. The van der Waals surface area contributed by atoms with Crippen molar-refractivity contribution in [1.29, 1.82) is 0 Å². The van der Waals surface area contributed by atoms with Crippen LogP contribution in [-0.4, -0.2) is 41.0 Å². The fourth-order valence-electron chi connectivity index (χ4n) is 2.25.